The van der Waals surface area contributed by atoms with Crippen LogP contribution in [0.3, 0.4) is 0 Å². The van der Waals surface area contributed by atoms with Crippen molar-refractivity contribution < 1.29 is 9.53 Å². The number of hydrogen-bond donors (Lipinski definition) is 0. The van der Waals surface area contributed by atoms with E-state index < -0.39 is 0 Å². The molecule has 0 spiro atoms. The highest BCUT2D eigenvalue weighted by Crippen LogP contribution is 2.27. The van der Waals surface area contributed by atoms with Gasteiger partial charge in [0.1, 0.15) is 0 Å². The van der Waals surface area contributed by atoms with Crippen LogP contribution in [0.2, 0.25) is 0 Å². The van der Waals surface area contributed by atoms with E-state index in [1.165, 1.54) is 0 Å². The van der Waals surface area contributed by atoms with Gasteiger partial charge >= 0.3 is 0 Å². The molecule has 0 saturated carbocycles. The number of carbonyl (C=O) groups excluding carboxylic acids is 1. The fourth-order valence-electron chi connectivity index (χ4n) is 4.18. The number of rotatable bonds is 6. The maximum absolute atomic E-state index is 13.0. The van der Waals surface area contributed by atoms with Gasteiger partial charge in [0.15, 0.2) is 0 Å². The predicted octanol–water partition coefficient (Wildman–Crippen LogP) is 2.60. The Morgan fingerprint density at radius 1 is 1.18 bits per heavy atom. The monoisotopic (exact) mass is 384 g/mol. The summed E-state index contributed by atoms with van der Waals surface area (Å²) < 4.78 is 7.77. The normalized spacial score (nSPS) is 16.6. The van der Waals surface area contributed by atoms with Gasteiger partial charge in [-0.1, -0.05) is 18.2 Å². The molecule has 0 unspecified atom stereocenters. The molecular formula is C22H32N4O2. The molecule has 0 atom stereocenters. The molecule has 1 saturated heterocycles. The van der Waals surface area contributed by atoms with Crippen molar-refractivity contribution in [2.45, 2.75) is 38.7 Å². The molecule has 1 aliphatic heterocycles. The third-order valence-corrected chi connectivity index (χ3v) is 5.83. The van der Waals surface area contributed by atoms with Crippen molar-refractivity contribution in [3.8, 4) is 5.69 Å². The highest BCUT2D eigenvalue weighted by Gasteiger charge is 2.36. The first-order chi connectivity index (χ1) is 13.3. The van der Waals surface area contributed by atoms with E-state index in [9.17, 15) is 4.79 Å². The summed E-state index contributed by atoms with van der Waals surface area (Å²) in [5, 5.41) is 4.67. The van der Waals surface area contributed by atoms with Crippen LogP contribution in [0, 0.1) is 13.8 Å². The molecule has 2 aromatic rings. The van der Waals surface area contributed by atoms with E-state index in [2.05, 4.69) is 24.1 Å². The number of likely N-dealkylation sites (N-methyl/N-ethyl adjacent to an activating group) is 1. The van der Waals surface area contributed by atoms with Gasteiger partial charge in [-0.15, -0.1) is 0 Å². The van der Waals surface area contributed by atoms with Gasteiger partial charge in [-0.3, -0.25) is 4.79 Å². The van der Waals surface area contributed by atoms with E-state index in [4.69, 9.17) is 4.74 Å². The molecule has 6 nitrogen and oxygen atoms in total. The van der Waals surface area contributed by atoms with E-state index in [0.29, 0.717) is 6.42 Å². The quantitative estimate of drug-likeness (QED) is 0.768. The van der Waals surface area contributed by atoms with Crippen LogP contribution in [0.15, 0.2) is 30.3 Å². The number of piperidine rings is 1. The minimum Gasteiger partial charge on any atom is -0.377 e. The van der Waals surface area contributed by atoms with Crippen molar-refractivity contribution in [3.63, 3.8) is 0 Å². The van der Waals surface area contributed by atoms with Crippen molar-refractivity contribution in [2.75, 3.05) is 40.8 Å². The summed E-state index contributed by atoms with van der Waals surface area (Å²) in [6.45, 7) is 6.39. The standard InChI is InChI=1S/C22H32N4O2/c1-17-20(18(2)26(23-17)19-9-7-6-8-10-19)15-21(27)25-13-11-22(28-5,12-14-25)16-24(3)4/h6-10H,11-16H2,1-5H3. The Morgan fingerprint density at radius 2 is 1.82 bits per heavy atom. The fourth-order valence-corrected chi connectivity index (χ4v) is 4.18. The summed E-state index contributed by atoms with van der Waals surface area (Å²) in [5.74, 6) is 0.174. The molecule has 0 bridgehead atoms. The molecule has 6 heteroatoms. The summed E-state index contributed by atoms with van der Waals surface area (Å²) in [7, 11) is 5.91. The summed E-state index contributed by atoms with van der Waals surface area (Å²) >= 11 is 0. The second-order valence-corrected chi connectivity index (χ2v) is 8.08. The Labute approximate surface area is 168 Å². The minimum atomic E-state index is -0.149. The maximum Gasteiger partial charge on any atom is 0.227 e. The average Bonchev–Trinajstić information content (AvgIpc) is 2.97. The number of benzene rings is 1. The van der Waals surface area contributed by atoms with E-state index in [-0.39, 0.29) is 11.5 Å². The molecule has 28 heavy (non-hydrogen) atoms. The van der Waals surface area contributed by atoms with Gasteiger partial charge in [-0.05, 0) is 52.9 Å². The number of aryl methyl sites for hydroxylation is 1. The molecule has 1 aromatic carbocycles. The van der Waals surface area contributed by atoms with Crippen LogP contribution >= 0.6 is 0 Å². The fraction of sp³-hybridized carbons (Fsp3) is 0.545. The van der Waals surface area contributed by atoms with Crippen LogP contribution < -0.4 is 0 Å². The van der Waals surface area contributed by atoms with Gasteiger partial charge in [0, 0.05) is 38.0 Å². The third kappa shape index (κ3) is 4.28. The SMILES string of the molecule is COC1(CN(C)C)CCN(C(=O)Cc2c(C)nn(-c3ccccc3)c2C)CC1. The number of nitrogens with zero attached hydrogens (tertiary/aromatic N) is 4. The lowest BCUT2D eigenvalue weighted by Gasteiger charge is -2.42. The van der Waals surface area contributed by atoms with Crippen molar-refractivity contribution in [1.82, 2.24) is 19.6 Å². The zero-order valence-corrected chi connectivity index (χ0v) is 17.7. The second kappa shape index (κ2) is 8.45. The molecule has 1 aromatic heterocycles. The molecule has 0 aliphatic carbocycles. The largest absolute Gasteiger partial charge is 0.377 e. The molecule has 152 valence electrons. The summed E-state index contributed by atoms with van der Waals surface area (Å²) in [6.07, 6.45) is 2.14. The zero-order chi connectivity index (χ0) is 20.3. The van der Waals surface area contributed by atoms with Gasteiger partial charge in [0.25, 0.3) is 0 Å². The molecule has 1 fully saturated rings. The average molecular weight is 385 g/mol. The number of amides is 1. The minimum absolute atomic E-state index is 0.149. The lowest BCUT2D eigenvalue weighted by Crippen LogP contribution is -2.52. The van der Waals surface area contributed by atoms with Crippen LogP contribution in [0.1, 0.15) is 29.8 Å². The topological polar surface area (TPSA) is 50.6 Å². The number of aromatic nitrogens is 2. The lowest BCUT2D eigenvalue weighted by molar-refractivity contribution is -0.136. The molecule has 0 radical (unpaired) electrons. The van der Waals surface area contributed by atoms with Crippen molar-refractivity contribution in [3.05, 3.63) is 47.3 Å². The van der Waals surface area contributed by atoms with Gasteiger partial charge < -0.3 is 14.5 Å². The Bertz CT molecular complexity index is 805. The summed E-state index contributed by atoms with van der Waals surface area (Å²) in [4.78, 5) is 17.1. The number of likely N-dealkylation sites (tertiary alicyclic amines) is 1. The first kappa shape index (κ1) is 20.6. The Morgan fingerprint density at radius 3 is 2.39 bits per heavy atom. The van der Waals surface area contributed by atoms with E-state index in [1.54, 1.807) is 7.11 Å². The van der Waals surface area contributed by atoms with Gasteiger partial charge in [0.2, 0.25) is 5.91 Å². The number of ether oxygens (including phenoxy) is 1. The molecule has 0 N–H and O–H groups in total. The van der Waals surface area contributed by atoms with Crippen LogP contribution in [0.25, 0.3) is 5.69 Å². The summed E-state index contributed by atoms with van der Waals surface area (Å²) in [6, 6.07) is 10.1. The first-order valence-corrected chi connectivity index (χ1v) is 9.93. The molecular weight excluding hydrogens is 352 g/mol. The van der Waals surface area contributed by atoms with E-state index in [1.807, 2.05) is 53.8 Å². The third-order valence-electron chi connectivity index (χ3n) is 5.83. The molecule has 1 amide bonds. The maximum atomic E-state index is 13.0. The van der Waals surface area contributed by atoms with Crippen molar-refractivity contribution in [1.29, 1.82) is 0 Å². The molecule has 1 aliphatic rings. The first-order valence-electron chi connectivity index (χ1n) is 9.93. The van der Waals surface area contributed by atoms with Crippen LogP contribution in [0.5, 0.6) is 0 Å². The number of methoxy groups -OCH3 is 1. The lowest BCUT2D eigenvalue weighted by atomic mass is 9.90. The Kier molecular flexibility index (Phi) is 6.20. The highest BCUT2D eigenvalue weighted by molar-refractivity contribution is 5.79. The van der Waals surface area contributed by atoms with E-state index >= 15 is 0 Å². The van der Waals surface area contributed by atoms with Crippen LogP contribution in [-0.4, -0.2) is 71.9 Å². The molecule has 2 heterocycles. The van der Waals surface area contributed by atoms with E-state index in [0.717, 1.165) is 55.1 Å². The van der Waals surface area contributed by atoms with Crippen LogP contribution in [-0.2, 0) is 16.0 Å². The smallest absolute Gasteiger partial charge is 0.227 e. The molecule has 3 rings (SSSR count). The zero-order valence-electron chi connectivity index (χ0n) is 17.7. The van der Waals surface area contributed by atoms with Gasteiger partial charge in [0.05, 0.1) is 23.4 Å². The van der Waals surface area contributed by atoms with Crippen LogP contribution in [0.4, 0.5) is 0 Å². The highest BCUT2D eigenvalue weighted by atomic mass is 16.5. The Balaban J connectivity index is 1.69. The second-order valence-electron chi connectivity index (χ2n) is 8.08. The number of carbonyl (C=O) groups is 1. The summed E-state index contributed by atoms with van der Waals surface area (Å²) in [5.41, 5.74) is 3.86. The van der Waals surface area contributed by atoms with Gasteiger partial charge in [-0.25, -0.2) is 4.68 Å². The number of hydrogen-bond acceptors (Lipinski definition) is 4. The van der Waals surface area contributed by atoms with Crippen molar-refractivity contribution in [2.24, 2.45) is 0 Å². The van der Waals surface area contributed by atoms with Crippen molar-refractivity contribution >= 4 is 5.91 Å². The van der Waals surface area contributed by atoms with Gasteiger partial charge in [-0.2, -0.15) is 5.10 Å². The predicted molar refractivity (Wildman–Crippen MR) is 111 cm³/mol. The Hall–Kier alpha value is -2.18. The number of para-hydroxylation sites is 1.